The number of thiophene rings is 1. The Hall–Kier alpha value is -1.12. The van der Waals surface area contributed by atoms with E-state index in [1.165, 1.54) is 16.0 Å². The highest BCUT2D eigenvalue weighted by Crippen LogP contribution is 2.28. The van der Waals surface area contributed by atoms with Crippen LogP contribution in [0.15, 0.2) is 41.8 Å². The summed E-state index contributed by atoms with van der Waals surface area (Å²) in [6.45, 7) is 8.93. The lowest BCUT2D eigenvalue weighted by molar-refractivity contribution is 0.379. The molecule has 0 fully saturated rings. The van der Waals surface area contributed by atoms with Crippen LogP contribution in [-0.4, -0.2) is 0 Å². The summed E-state index contributed by atoms with van der Waals surface area (Å²) in [5.74, 6) is 0.589. The molecule has 0 aliphatic heterocycles. The van der Waals surface area contributed by atoms with E-state index in [9.17, 15) is 0 Å². The van der Waals surface area contributed by atoms with E-state index in [-0.39, 0.29) is 0 Å². The van der Waals surface area contributed by atoms with Crippen molar-refractivity contribution in [1.82, 2.24) is 5.32 Å². The lowest BCUT2D eigenvalue weighted by atomic mass is 9.99. The molecule has 0 bridgehead atoms. The van der Waals surface area contributed by atoms with Crippen molar-refractivity contribution in [2.24, 2.45) is 5.92 Å². The summed E-state index contributed by atoms with van der Waals surface area (Å²) < 4.78 is 0. The zero-order chi connectivity index (χ0) is 13.8. The highest BCUT2D eigenvalue weighted by atomic mass is 32.1. The fourth-order valence-corrected chi connectivity index (χ4v) is 3.25. The molecule has 1 heterocycles. The topological polar surface area (TPSA) is 12.0 Å². The number of benzene rings is 1. The van der Waals surface area contributed by atoms with Crippen LogP contribution in [0.4, 0.5) is 0 Å². The second-order valence-corrected chi connectivity index (χ2v) is 6.52. The standard InChI is InChI=1S/C17H23NS/c1-12(2)17(16-6-5-11-19-16)18-14(4)15-9-7-13(3)8-10-15/h5-12,14,17-18H,1-4H3/t14-,17?/m1/s1. The van der Waals surface area contributed by atoms with Gasteiger partial charge in [0.05, 0.1) is 0 Å². The van der Waals surface area contributed by atoms with Crippen molar-refractivity contribution in [3.8, 4) is 0 Å². The van der Waals surface area contributed by atoms with Crippen LogP contribution in [-0.2, 0) is 0 Å². The normalized spacial score (nSPS) is 14.6. The van der Waals surface area contributed by atoms with Crippen LogP contribution in [0.1, 0.15) is 48.9 Å². The van der Waals surface area contributed by atoms with E-state index in [1.807, 2.05) is 11.3 Å². The van der Waals surface area contributed by atoms with Gasteiger partial charge in [-0.1, -0.05) is 49.7 Å². The first-order chi connectivity index (χ1) is 9.08. The van der Waals surface area contributed by atoms with Crippen LogP contribution >= 0.6 is 11.3 Å². The fraction of sp³-hybridized carbons (Fsp3) is 0.412. The SMILES string of the molecule is Cc1ccc([C@@H](C)NC(c2cccs2)C(C)C)cc1. The minimum Gasteiger partial charge on any atom is -0.302 e. The highest BCUT2D eigenvalue weighted by Gasteiger charge is 2.19. The van der Waals surface area contributed by atoms with Gasteiger partial charge in [0, 0.05) is 17.0 Å². The molecule has 102 valence electrons. The molecule has 1 nitrogen and oxygen atoms in total. The molecule has 2 aromatic rings. The number of nitrogens with one attached hydrogen (secondary N) is 1. The molecule has 0 aliphatic rings. The molecule has 0 radical (unpaired) electrons. The maximum atomic E-state index is 3.76. The van der Waals surface area contributed by atoms with E-state index in [1.54, 1.807) is 0 Å². The third kappa shape index (κ3) is 3.68. The van der Waals surface area contributed by atoms with Crippen LogP contribution < -0.4 is 5.32 Å². The van der Waals surface area contributed by atoms with Crippen LogP contribution in [0.2, 0.25) is 0 Å². The van der Waals surface area contributed by atoms with Crippen molar-refractivity contribution in [2.45, 2.75) is 39.8 Å². The van der Waals surface area contributed by atoms with Gasteiger partial charge >= 0.3 is 0 Å². The molecular weight excluding hydrogens is 250 g/mol. The van der Waals surface area contributed by atoms with Crippen molar-refractivity contribution >= 4 is 11.3 Å². The Morgan fingerprint density at radius 2 is 1.68 bits per heavy atom. The van der Waals surface area contributed by atoms with E-state index in [0.717, 1.165) is 0 Å². The van der Waals surface area contributed by atoms with Crippen LogP contribution in [0.25, 0.3) is 0 Å². The summed E-state index contributed by atoms with van der Waals surface area (Å²) >= 11 is 1.84. The molecular formula is C17H23NS. The van der Waals surface area contributed by atoms with Gasteiger partial charge in [-0.05, 0) is 36.8 Å². The zero-order valence-electron chi connectivity index (χ0n) is 12.2. The average molecular weight is 273 g/mol. The molecule has 0 saturated carbocycles. The Labute approximate surface area is 120 Å². The molecule has 2 rings (SSSR count). The van der Waals surface area contributed by atoms with Crippen molar-refractivity contribution in [3.05, 3.63) is 57.8 Å². The second kappa shape index (κ2) is 6.36. The Kier molecular flexibility index (Phi) is 4.78. The number of rotatable bonds is 5. The van der Waals surface area contributed by atoms with Gasteiger partial charge in [0.25, 0.3) is 0 Å². The summed E-state index contributed by atoms with van der Waals surface area (Å²) in [4.78, 5) is 1.42. The highest BCUT2D eigenvalue weighted by molar-refractivity contribution is 7.10. The minimum atomic E-state index is 0.370. The molecule has 2 heteroatoms. The summed E-state index contributed by atoms with van der Waals surface area (Å²) in [7, 11) is 0. The van der Waals surface area contributed by atoms with Gasteiger partial charge in [0.2, 0.25) is 0 Å². The Morgan fingerprint density at radius 1 is 1.00 bits per heavy atom. The first kappa shape index (κ1) is 14.3. The number of hydrogen-bond acceptors (Lipinski definition) is 2. The van der Waals surface area contributed by atoms with E-state index in [2.05, 4.69) is 74.8 Å². The summed E-state index contributed by atoms with van der Waals surface area (Å²) in [6, 6.07) is 14.0. The van der Waals surface area contributed by atoms with E-state index >= 15 is 0 Å². The van der Waals surface area contributed by atoms with E-state index in [0.29, 0.717) is 18.0 Å². The summed E-state index contributed by atoms with van der Waals surface area (Å²) in [5.41, 5.74) is 2.67. The van der Waals surface area contributed by atoms with Crippen molar-refractivity contribution in [2.75, 3.05) is 0 Å². The van der Waals surface area contributed by atoms with Crippen LogP contribution in [0.5, 0.6) is 0 Å². The van der Waals surface area contributed by atoms with Crippen molar-refractivity contribution < 1.29 is 0 Å². The third-order valence-electron chi connectivity index (χ3n) is 3.52. The molecule has 2 atom stereocenters. The molecule has 0 aliphatic carbocycles. The summed E-state index contributed by atoms with van der Waals surface area (Å²) in [6.07, 6.45) is 0. The van der Waals surface area contributed by atoms with E-state index < -0.39 is 0 Å². The van der Waals surface area contributed by atoms with Gasteiger partial charge in [-0.15, -0.1) is 11.3 Å². The largest absolute Gasteiger partial charge is 0.302 e. The quantitative estimate of drug-likeness (QED) is 0.798. The molecule has 1 aromatic carbocycles. The lowest BCUT2D eigenvalue weighted by Crippen LogP contribution is -2.27. The Bertz CT molecular complexity index is 484. The van der Waals surface area contributed by atoms with E-state index in [4.69, 9.17) is 0 Å². The average Bonchev–Trinajstić information content (AvgIpc) is 2.89. The summed E-state index contributed by atoms with van der Waals surface area (Å²) in [5, 5.41) is 5.92. The van der Waals surface area contributed by atoms with Gasteiger partial charge in [-0.25, -0.2) is 0 Å². The molecule has 0 amide bonds. The first-order valence-corrected chi connectivity index (χ1v) is 7.82. The lowest BCUT2D eigenvalue weighted by Gasteiger charge is -2.26. The predicted molar refractivity (Wildman–Crippen MR) is 84.6 cm³/mol. The number of hydrogen-bond donors (Lipinski definition) is 1. The molecule has 1 aromatic heterocycles. The molecule has 1 N–H and O–H groups in total. The fourth-order valence-electron chi connectivity index (χ4n) is 2.29. The van der Waals surface area contributed by atoms with Gasteiger partial charge in [0.15, 0.2) is 0 Å². The van der Waals surface area contributed by atoms with Crippen LogP contribution in [0, 0.1) is 12.8 Å². The zero-order valence-corrected chi connectivity index (χ0v) is 13.0. The van der Waals surface area contributed by atoms with Gasteiger partial charge in [0.1, 0.15) is 0 Å². The molecule has 1 unspecified atom stereocenters. The van der Waals surface area contributed by atoms with Crippen molar-refractivity contribution in [3.63, 3.8) is 0 Å². The van der Waals surface area contributed by atoms with Gasteiger partial charge < -0.3 is 5.32 Å². The molecule has 0 saturated heterocycles. The van der Waals surface area contributed by atoms with Gasteiger partial charge in [-0.2, -0.15) is 0 Å². The number of aryl methyl sites for hydroxylation is 1. The minimum absolute atomic E-state index is 0.370. The van der Waals surface area contributed by atoms with Crippen molar-refractivity contribution in [1.29, 1.82) is 0 Å². The maximum absolute atomic E-state index is 3.76. The van der Waals surface area contributed by atoms with Gasteiger partial charge in [-0.3, -0.25) is 0 Å². The maximum Gasteiger partial charge on any atom is 0.0442 e. The Morgan fingerprint density at radius 3 is 2.21 bits per heavy atom. The smallest absolute Gasteiger partial charge is 0.0442 e. The molecule has 19 heavy (non-hydrogen) atoms. The first-order valence-electron chi connectivity index (χ1n) is 6.94. The van der Waals surface area contributed by atoms with Crippen LogP contribution in [0.3, 0.4) is 0 Å². The second-order valence-electron chi connectivity index (χ2n) is 5.54. The Balaban J connectivity index is 2.11. The third-order valence-corrected chi connectivity index (χ3v) is 4.48. The predicted octanol–water partition coefficient (Wildman–Crippen LogP) is 5.10. The monoisotopic (exact) mass is 273 g/mol. The molecule has 0 spiro atoms.